The number of oxazole rings is 1. The molecule has 0 atom stereocenters. The fourth-order valence-electron chi connectivity index (χ4n) is 4.06. The van der Waals surface area contributed by atoms with E-state index in [-0.39, 0.29) is 24.0 Å². The van der Waals surface area contributed by atoms with Gasteiger partial charge in [0.1, 0.15) is 5.76 Å². The minimum absolute atomic E-state index is 0. The highest BCUT2D eigenvalue weighted by Crippen LogP contribution is 2.29. The third-order valence-electron chi connectivity index (χ3n) is 5.95. The van der Waals surface area contributed by atoms with Crippen LogP contribution in [0.2, 0.25) is 0 Å². The van der Waals surface area contributed by atoms with Crippen molar-refractivity contribution in [2.24, 2.45) is 16.3 Å². The zero-order valence-corrected chi connectivity index (χ0v) is 20.6. The Labute approximate surface area is 187 Å². The van der Waals surface area contributed by atoms with Crippen LogP contribution in [0.1, 0.15) is 57.4 Å². The molecule has 0 saturated carbocycles. The summed E-state index contributed by atoms with van der Waals surface area (Å²) >= 11 is 0. The van der Waals surface area contributed by atoms with Crippen LogP contribution in [-0.2, 0) is 6.54 Å². The van der Waals surface area contributed by atoms with Crippen LogP contribution in [0.25, 0.3) is 0 Å². The lowest BCUT2D eigenvalue weighted by Crippen LogP contribution is -2.41. The van der Waals surface area contributed by atoms with E-state index in [1.807, 2.05) is 13.8 Å². The van der Waals surface area contributed by atoms with E-state index in [1.54, 1.807) is 0 Å². The summed E-state index contributed by atoms with van der Waals surface area (Å²) in [5, 5.41) is 3.50. The van der Waals surface area contributed by atoms with Crippen LogP contribution in [0.15, 0.2) is 9.41 Å². The Morgan fingerprint density at radius 2 is 1.96 bits per heavy atom. The van der Waals surface area contributed by atoms with Crippen LogP contribution in [0.3, 0.4) is 0 Å². The summed E-state index contributed by atoms with van der Waals surface area (Å²) in [7, 11) is 0. The van der Waals surface area contributed by atoms with Crippen molar-refractivity contribution in [3.63, 3.8) is 0 Å². The Hall–Kier alpha value is -0.830. The summed E-state index contributed by atoms with van der Waals surface area (Å²) in [6.07, 6.45) is 3.65. The molecule has 0 radical (unpaired) electrons. The minimum atomic E-state index is 0. The molecule has 2 aliphatic heterocycles. The van der Waals surface area contributed by atoms with Crippen molar-refractivity contribution >= 4 is 29.9 Å². The molecule has 0 aliphatic carbocycles. The molecule has 6 nitrogen and oxygen atoms in total. The molecule has 0 bridgehead atoms. The highest BCUT2D eigenvalue weighted by Gasteiger charge is 2.31. The zero-order chi connectivity index (χ0) is 19.4. The molecule has 2 aliphatic rings. The lowest BCUT2D eigenvalue weighted by Gasteiger charge is -2.31. The molecule has 2 saturated heterocycles. The Kier molecular flexibility index (Phi) is 8.60. The molecule has 1 aromatic rings. The SMILES string of the molecule is CCNC(=NCC1CCN(Cc2nc(C)c(C)o2)CC1)N1CCC(C)(C)C1.I. The van der Waals surface area contributed by atoms with Gasteiger partial charge in [-0.15, -0.1) is 24.0 Å². The van der Waals surface area contributed by atoms with Crippen LogP contribution < -0.4 is 5.32 Å². The highest BCUT2D eigenvalue weighted by molar-refractivity contribution is 14.0. The monoisotopic (exact) mass is 503 g/mol. The molecular weight excluding hydrogens is 465 g/mol. The summed E-state index contributed by atoms with van der Waals surface area (Å²) in [4.78, 5) is 14.4. The number of hydrogen-bond acceptors (Lipinski definition) is 4. The predicted octanol–water partition coefficient (Wildman–Crippen LogP) is 3.82. The summed E-state index contributed by atoms with van der Waals surface area (Å²) < 4.78 is 5.74. The van der Waals surface area contributed by atoms with E-state index >= 15 is 0 Å². The first-order valence-corrected chi connectivity index (χ1v) is 10.5. The number of likely N-dealkylation sites (tertiary alicyclic amines) is 2. The number of nitrogens with zero attached hydrogens (tertiary/aromatic N) is 4. The Bertz CT molecular complexity index is 630. The van der Waals surface area contributed by atoms with Crippen LogP contribution in [0, 0.1) is 25.2 Å². The van der Waals surface area contributed by atoms with Gasteiger partial charge < -0.3 is 14.6 Å². The predicted molar refractivity (Wildman–Crippen MR) is 125 cm³/mol. The van der Waals surface area contributed by atoms with Gasteiger partial charge in [0.05, 0.1) is 12.2 Å². The second kappa shape index (κ2) is 10.3. The van der Waals surface area contributed by atoms with Gasteiger partial charge in [-0.25, -0.2) is 4.98 Å². The first-order valence-electron chi connectivity index (χ1n) is 10.5. The number of guanidine groups is 1. The standard InChI is InChI=1S/C21H37N5O.HI/c1-6-22-20(26-12-9-21(4,5)15-26)23-13-18-7-10-25(11-8-18)14-19-24-16(2)17(3)27-19;/h18H,6-15H2,1-5H3,(H,22,23);1H. The first kappa shape index (κ1) is 23.4. The largest absolute Gasteiger partial charge is 0.444 e. The van der Waals surface area contributed by atoms with Gasteiger partial charge in [-0.1, -0.05) is 13.8 Å². The number of aryl methyl sites for hydroxylation is 2. The number of halogens is 1. The van der Waals surface area contributed by atoms with Crippen molar-refractivity contribution in [3.05, 3.63) is 17.3 Å². The summed E-state index contributed by atoms with van der Waals surface area (Å²) in [6.45, 7) is 18.0. The maximum absolute atomic E-state index is 5.74. The fraction of sp³-hybridized carbons (Fsp3) is 0.810. The van der Waals surface area contributed by atoms with E-state index in [4.69, 9.17) is 9.41 Å². The van der Waals surface area contributed by atoms with Crippen molar-refractivity contribution in [1.82, 2.24) is 20.1 Å². The molecule has 7 heteroatoms. The molecule has 0 unspecified atom stereocenters. The number of nitrogens with one attached hydrogen (secondary N) is 1. The molecular formula is C21H38IN5O. The third-order valence-corrected chi connectivity index (χ3v) is 5.95. The topological polar surface area (TPSA) is 56.9 Å². The Balaban J connectivity index is 0.00000280. The average Bonchev–Trinajstić information content (AvgIpc) is 3.14. The van der Waals surface area contributed by atoms with E-state index in [0.29, 0.717) is 11.3 Å². The Morgan fingerprint density at radius 1 is 1.25 bits per heavy atom. The van der Waals surface area contributed by atoms with Crippen molar-refractivity contribution in [3.8, 4) is 0 Å². The molecule has 3 heterocycles. The normalized spacial score (nSPS) is 21.0. The van der Waals surface area contributed by atoms with Gasteiger partial charge in [-0.05, 0) is 64.5 Å². The van der Waals surface area contributed by atoms with Crippen molar-refractivity contribution in [1.29, 1.82) is 0 Å². The second-order valence-electron chi connectivity index (χ2n) is 9.00. The molecule has 28 heavy (non-hydrogen) atoms. The van der Waals surface area contributed by atoms with Gasteiger partial charge in [0.2, 0.25) is 5.89 Å². The van der Waals surface area contributed by atoms with Crippen molar-refractivity contribution < 1.29 is 4.42 Å². The number of aliphatic imine (C=N–C) groups is 1. The number of piperidine rings is 1. The molecule has 0 aromatic carbocycles. The lowest BCUT2D eigenvalue weighted by atomic mass is 9.93. The van der Waals surface area contributed by atoms with E-state index < -0.39 is 0 Å². The van der Waals surface area contributed by atoms with Gasteiger partial charge in [0, 0.05) is 26.2 Å². The minimum Gasteiger partial charge on any atom is -0.444 e. The summed E-state index contributed by atoms with van der Waals surface area (Å²) in [6, 6.07) is 0. The van der Waals surface area contributed by atoms with Gasteiger partial charge in [0.25, 0.3) is 0 Å². The third kappa shape index (κ3) is 6.34. The zero-order valence-electron chi connectivity index (χ0n) is 18.3. The van der Waals surface area contributed by atoms with E-state index in [0.717, 1.165) is 69.1 Å². The molecule has 3 rings (SSSR count). The van der Waals surface area contributed by atoms with Crippen LogP contribution in [0.4, 0.5) is 0 Å². The average molecular weight is 503 g/mol. The van der Waals surface area contributed by atoms with Crippen LogP contribution >= 0.6 is 24.0 Å². The summed E-state index contributed by atoms with van der Waals surface area (Å²) in [5.74, 6) is 3.58. The smallest absolute Gasteiger partial charge is 0.208 e. The van der Waals surface area contributed by atoms with Crippen LogP contribution in [-0.4, -0.2) is 60.0 Å². The second-order valence-corrected chi connectivity index (χ2v) is 9.00. The lowest BCUT2D eigenvalue weighted by molar-refractivity contribution is 0.166. The van der Waals surface area contributed by atoms with Gasteiger partial charge in [-0.3, -0.25) is 9.89 Å². The molecule has 1 N–H and O–H groups in total. The fourth-order valence-corrected chi connectivity index (χ4v) is 4.06. The van der Waals surface area contributed by atoms with Gasteiger partial charge in [0.15, 0.2) is 5.96 Å². The number of rotatable bonds is 5. The summed E-state index contributed by atoms with van der Waals surface area (Å²) in [5.41, 5.74) is 1.41. The number of hydrogen-bond donors (Lipinski definition) is 1. The maximum atomic E-state index is 5.74. The number of aromatic nitrogens is 1. The van der Waals surface area contributed by atoms with Crippen molar-refractivity contribution in [2.45, 2.75) is 60.4 Å². The quantitative estimate of drug-likeness (QED) is 0.376. The maximum Gasteiger partial charge on any atom is 0.208 e. The Morgan fingerprint density at radius 3 is 2.50 bits per heavy atom. The van der Waals surface area contributed by atoms with Crippen molar-refractivity contribution in [2.75, 3.05) is 39.3 Å². The molecule has 2 fully saturated rings. The highest BCUT2D eigenvalue weighted by atomic mass is 127. The van der Waals surface area contributed by atoms with Gasteiger partial charge in [-0.2, -0.15) is 0 Å². The molecule has 0 spiro atoms. The molecule has 160 valence electrons. The molecule has 1 aromatic heterocycles. The van der Waals surface area contributed by atoms with E-state index in [1.165, 1.54) is 19.3 Å². The molecule has 0 amide bonds. The van der Waals surface area contributed by atoms with E-state index in [2.05, 4.69) is 40.9 Å². The van der Waals surface area contributed by atoms with E-state index in [9.17, 15) is 0 Å². The van der Waals surface area contributed by atoms with Gasteiger partial charge >= 0.3 is 0 Å². The van der Waals surface area contributed by atoms with Crippen LogP contribution in [0.5, 0.6) is 0 Å². The first-order chi connectivity index (χ1) is 12.9.